The molecule has 1 N–H and O–H groups in total. The molecule has 0 atom stereocenters. The van der Waals surface area contributed by atoms with Crippen LogP contribution in [0, 0.1) is 0 Å². The number of ether oxygens (including phenoxy) is 1. The summed E-state index contributed by atoms with van der Waals surface area (Å²) in [6, 6.07) is 9.60. The van der Waals surface area contributed by atoms with Gasteiger partial charge in [0.05, 0.1) is 12.2 Å². The number of alkyl halides is 2. The smallest absolute Gasteiger partial charge is 0.387 e. The third-order valence-electron chi connectivity index (χ3n) is 3.05. The Morgan fingerprint density at radius 2 is 2.04 bits per heavy atom. The highest BCUT2D eigenvalue weighted by Crippen LogP contribution is 2.18. The summed E-state index contributed by atoms with van der Waals surface area (Å²) >= 11 is 5.88. The van der Waals surface area contributed by atoms with E-state index in [4.69, 9.17) is 11.6 Å². The van der Waals surface area contributed by atoms with Crippen molar-refractivity contribution in [2.75, 3.05) is 18.9 Å². The molecular weight excluding hydrogens is 340 g/mol. The molecule has 0 radical (unpaired) electrons. The minimum absolute atomic E-state index is 0.0976. The molecule has 1 amide bonds. The Balaban J connectivity index is 1.85. The Bertz CT molecular complexity index is 683. The number of halogens is 3. The third-order valence-corrected chi connectivity index (χ3v) is 3.35. The summed E-state index contributed by atoms with van der Waals surface area (Å²) in [5, 5.41) is 2.90. The van der Waals surface area contributed by atoms with Crippen molar-refractivity contribution >= 4 is 23.2 Å². The molecule has 8 heteroatoms. The highest BCUT2D eigenvalue weighted by Gasteiger charge is 2.10. The molecule has 0 unspecified atom stereocenters. The first-order valence-corrected chi connectivity index (χ1v) is 7.44. The van der Waals surface area contributed by atoms with E-state index in [0.717, 1.165) is 5.56 Å². The molecule has 128 valence electrons. The highest BCUT2D eigenvalue weighted by atomic mass is 35.5. The zero-order valence-corrected chi connectivity index (χ0v) is 13.6. The van der Waals surface area contributed by atoms with Gasteiger partial charge in [-0.2, -0.15) is 8.78 Å². The van der Waals surface area contributed by atoms with Gasteiger partial charge in [-0.25, -0.2) is 4.98 Å². The van der Waals surface area contributed by atoms with Gasteiger partial charge in [0.25, 0.3) is 0 Å². The van der Waals surface area contributed by atoms with Crippen molar-refractivity contribution in [3.63, 3.8) is 0 Å². The Kier molecular flexibility index (Phi) is 6.45. The first-order chi connectivity index (χ1) is 11.4. The van der Waals surface area contributed by atoms with E-state index in [1.165, 1.54) is 18.3 Å². The van der Waals surface area contributed by atoms with Crippen molar-refractivity contribution in [1.82, 2.24) is 9.88 Å². The van der Waals surface area contributed by atoms with Crippen LogP contribution in [-0.4, -0.2) is 36.0 Å². The van der Waals surface area contributed by atoms with Crippen molar-refractivity contribution in [3.8, 4) is 5.75 Å². The molecule has 5 nitrogen and oxygen atoms in total. The topological polar surface area (TPSA) is 54.5 Å². The summed E-state index contributed by atoms with van der Waals surface area (Å²) in [7, 11) is 1.77. The van der Waals surface area contributed by atoms with Crippen LogP contribution < -0.4 is 10.1 Å². The van der Waals surface area contributed by atoms with Gasteiger partial charge < -0.3 is 10.1 Å². The molecule has 0 aliphatic rings. The summed E-state index contributed by atoms with van der Waals surface area (Å²) in [6.45, 7) is -2.23. The number of hydrogen-bond acceptors (Lipinski definition) is 4. The van der Waals surface area contributed by atoms with E-state index >= 15 is 0 Å². The number of anilines is 1. The van der Waals surface area contributed by atoms with Crippen LogP contribution in [0.25, 0.3) is 0 Å². The maximum absolute atomic E-state index is 12.1. The van der Waals surface area contributed by atoms with Crippen molar-refractivity contribution < 1.29 is 18.3 Å². The lowest BCUT2D eigenvalue weighted by atomic mass is 10.2. The fourth-order valence-electron chi connectivity index (χ4n) is 2.06. The van der Waals surface area contributed by atoms with Gasteiger partial charge in [-0.3, -0.25) is 9.69 Å². The van der Waals surface area contributed by atoms with Crippen LogP contribution in [0.1, 0.15) is 5.56 Å². The fraction of sp³-hybridized carbons (Fsp3) is 0.250. The lowest BCUT2D eigenvalue weighted by Crippen LogP contribution is -2.29. The van der Waals surface area contributed by atoms with E-state index in [9.17, 15) is 13.6 Å². The molecule has 0 saturated carbocycles. The van der Waals surface area contributed by atoms with Crippen molar-refractivity contribution in [1.29, 1.82) is 0 Å². The van der Waals surface area contributed by atoms with E-state index in [-0.39, 0.29) is 23.4 Å². The van der Waals surface area contributed by atoms with Gasteiger partial charge in [0.1, 0.15) is 5.75 Å². The fourth-order valence-corrected chi connectivity index (χ4v) is 2.22. The van der Waals surface area contributed by atoms with Gasteiger partial charge in [0, 0.05) is 12.7 Å². The Hall–Kier alpha value is -2.25. The summed E-state index contributed by atoms with van der Waals surface area (Å²) in [5.41, 5.74) is 1.32. The molecule has 0 saturated heterocycles. The molecule has 0 fully saturated rings. The summed E-state index contributed by atoms with van der Waals surface area (Å²) in [4.78, 5) is 17.7. The van der Waals surface area contributed by atoms with E-state index in [2.05, 4.69) is 15.0 Å². The van der Waals surface area contributed by atoms with Gasteiger partial charge in [0.15, 0.2) is 5.15 Å². The van der Waals surface area contributed by atoms with Crippen molar-refractivity contribution in [2.24, 2.45) is 0 Å². The Labute approximate surface area is 143 Å². The van der Waals surface area contributed by atoms with Gasteiger partial charge in [-0.15, -0.1) is 0 Å². The van der Waals surface area contributed by atoms with E-state index in [0.29, 0.717) is 12.2 Å². The third kappa shape index (κ3) is 5.75. The second kappa shape index (κ2) is 8.56. The molecule has 0 spiro atoms. The second-order valence-corrected chi connectivity index (χ2v) is 5.44. The average Bonchev–Trinajstić information content (AvgIpc) is 2.51. The maximum atomic E-state index is 12.1. The number of pyridine rings is 1. The molecule has 1 aromatic heterocycles. The van der Waals surface area contributed by atoms with E-state index in [1.807, 2.05) is 0 Å². The summed E-state index contributed by atoms with van der Waals surface area (Å²) in [5.74, 6) is -0.134. The van der Waals surface area contributed by atoms with Crippen molar-refractivity contribution in [2.45, 2.75) is 13.2 Å². The number of hydrogen-bond donors (Lipinski definition) is 1. The van der Waals surface area contributed by atoms with Crippen LogP contribution >= 0.6 is 11.6 Å². The maximum Gasteiger partial charge on any atom is 0.387 e. The Morgan fingerprint density at radius 3 is 2.67 bits per heavy atom. The lowest BCUT2D eigenvalue weighted by Gasteiger charge is -2.17. The predicted molar refractivity (Wildman–Crippen MR) is 87.3 cm³/mol. The molecule has 2 aromatic rings. The molecule has 0 aliphatic carbocycles. The van der Waals surface area contributed by atoms with Crippen LogP contribution in [0.3, 0.4) is 0 Å². The van der Waals surface area contributed by atoms with Gasteiger partial charge in [0.2, 0.25) is 5.91 Å². The number of nitrogens with zero attached hydrogens (tertiary/aromatic N) is 2. The number of benzene rings is 1. The summed E-state index contributed by atoms with van der Waals surface area (Å²) < 4.78 is 28.5. The van der Waals surface area contributed by atoms with E-state index in [1.54, 1.807) is 36.2 Å². The molecule has 1 aromatic carbocycles. The molecular formula is C16H16ClF2N3O2. The van der Waals surface area contributed by atoms with E-state index < -0.39 is 6.61 Å². The van der Waals surface area contributed by atoms with Gasteiger partial charge in [-0.1, -0.05) is 23.7 Å². The van der Waals surface area contributed by atoms with Crippen LogP contribution in [-0.2, 0) is 11.3 Å². The standard InChI is InChI=1S/C16H16ClF2N3O2/c1-22(9-11-4-6-12(7-5-11)24-16(18)19)10-14(23)21-13-3-2-8-20-15(13)17/h2-8,16H,9-10H2,1H3,(H,21,23). The second-order valence-electron chi connectivity index (χ2n) is 5.08. The normalized spacial score (nSPS) is 10.9. The Morgan fingerprint density at radius 1 is 1.33 bits per heavy atom. The predicted octanol–water partition coefficient (Wildman–Crippen LogP) is 3.41. The molecule has 2 rings (SSSR count). The molecule has 0 bridgehead atoms. The first-order valence-electron chi connectivity index (χ1n) is 7.06. The average molecular weight is 356 g/mol. The van der Waals surface area contributed by atoms with Crippen LogP contribution in [0.2, 0.25) is 5.15 Å². The zero-order valence-electron chi connectivity index (χ0n) is 12.9. The van der Waals surface area contributed by atoms with Crippen LogP contribution in [0.15, 0.2) is 42.6 Å². The number of carbonyl (C=O) groups excluding carboxylic acids is 1. The minimum atomic E-state index is -2.85. The number of carbonyl (C=O) groups is 1. The molecule has 1 heterocycles. The van der Waals surface area contributed by atoms with Crippen molar-refractivity contribution in [3.05, 3.63) is 53.3 Å². The minimum Gasteiger partial charge on any atom is -0.435 e. The number of nitrogens with one attached hydrogen (secondary N) is 1. The number of likely N-dealkylation sites (N-methyl/N-ethyl adjacent to an activating group) is 1. The quantitative estimate of drug-likeness (QED) is 0.773. The SMILES string of the molecule is CN(CC(=O)Nc1cccnc1Cl)Cc1ccc(OC(F)F)cc1. The largest absolute Gasteiger partial charge is 0.435 e. The van der Waals surface area contributed by atoms with Gasteiger partial charge >= 0.3 is 6.61 Å². The van der Waals surface area contributed by atoms with Crippen LogP contribution in [0.5, 0.6) is 5.75 Å². The number of aromatic nitrogens is 1. The highest BCUT2D eigenvalue weighted by molar-refractivity contribution is 6.32. The zero-order chi connectivity index (χ0) is 17.5. The molecule has 24 heavy (non-hydrogen) atoms. The number of rotatable bonds is 7. The number of amides is 1. The van der Waals surface area contributed by atoms with Crippen LogP contribution in [0.4, 0.5) is 14.5 Å². The molecule has 0 aliphatic heterocycles. The first kappa shape index (κ1) is 18.1. The lowest BCUT2D eigenvalue weighted by molar-refractivity contribution is -0.117. The monoisotopic (exact) mass is 355 g/mol. The van der Waals surface area contributed by atoms with Gasteiger partial charge in [-0.05, 0) is 36.9 Å². The summed E-state index contributed by atoms with van der Waals surface area (Å²) in [6.07, 6.45) is 1.53.